The first-order valence-electron chi connectivity index (χ1n) is 10.6. The highest BCUT2D eigenvalue weighted by molar-refractivity contribution is 7.97. The maximum absolute atomic E-state index is 4.69. The van der Waals surface area contributed by atoms with Crippen LogP contribution in [0, 0.1) is 5.92 Å². The molecule has 1 aromatic carbocycles. The molecule has 0 bridgehead atoms. The molecule has 1 saturated carbocycles. The molecule has 1 aliphatic carbocycles. The van der Waals surface area contributed by atoms with E-state index in [1.165, 1.54) is 50.7 Å². The van der Waals surface area contributed by atoms with E-state index in [0.717, 1.165) is 35.1 Å². The molecule has 0 atom stereocenters. The van der Waals surface area contributed by atoms with E-state index < -0.39 is 0 Å². The van der Waals surface area contributed by atoms with Gasteiger partial charge in [0.2, 0.25) is 5.95 Å². The highest BCUT2D eigenvalue weighted by atomic mass is 32.2. The van der Waals surface area contributed by atoms with Crippen LogP contribution in [0.2, 0.25) is 0 Å². The van der Waals surface area contributed by atoms with Crippen molar-refractivity contribution in [1.82, 2.24) is 14.7 Å². The Labute approximate surface area is 175 Å². The SMILES string of the molecule is CCCCSNC.CN(C)c1nc(NCC2CCCCC2)nc2ccccc12. The van der Waals surface area contributed by atoms with Crippen LogP contribution in [-0.4, -0.2) is 43.4 Å². The first-order valence-corrected chi connectivity index (χ1v) is 11.6. The van der Waals surface area contributed by atoms with Gasteiger partial charge in [-0.3, -0.25) is 4.72 Å². The van der Waals surface area contributed by atoms with Crippen LogP contribution in [0.25, 0.3) is 10.9 Å². The summed E-state index contributed by atoms with van der Waals surface area (Å²) in [4.78, 5) is 11.4. The van der Waals surface area contributed by atoms with E-state index in [2.05, 4.69) is 44.0 Å². The van der Waals surface area contributed by atoms with E-state index in [-0.39, 0.29) is 0 Å². The van der Waals surface area contributed by atoms with Crippen LogP contribution in [0.1, 0.15) is 51.9 Å². The molecular formula is C22H37N5S. The summed E-state index contributed by atoms with van der Waals surface area (Å²) in [5.41, 5.74) is 1.00. The van der Waals surface area contributed by atoms with Gasteiger partial charge in [-0.2, -0.15) is 4.98 Å². The van der Waals surface area contributed by atoms with E-state index >= 15 is 0 Å². The van der Waals surface area contributed by atoms with E-state index in [1.807, 2.05) is 33.3 Å². The number of rotatable bonds is 8. The van der Waals surface area contributed by atoms with Crippen molar-refractivity contribution in [2.75, 3.05) is 43.7 Å². The molecule has 5 nitrogen and oxygen atoms in total. The topological polar surface area (TPSA) is 53.1 Å². The molecule has 2 N–H and O–H groups in total. The normalized spacial score (nSPS) is 14.4. The highest BCUT2D eigenvalue weighted by Gasteiger charge is 2.14. The Hall–Kier alpha value is -1.53. The fourth-order valence-corrected chi connectivity index (χ4v) is 4.06. The monoisotopic (exact) mass is 403 g/mol. The molecule has 0 unspecified atom stereocenters. The molecule has 0 spiro atoms. The smallest absolute Gasteiger partial charge is 0.225 e. The number of para-hydroxylation sites is 1. The number of hydrogen-bond acceptors (Lipinski definition) is 6. The zero-order chi connectivity index (χ0) is 20.2. The third-order valence-corrected chi connectivity index (χ3v) is 5.81. The van der Waals surface area contributed by atoms with Crippen LogP contribution in [0.4, 0.5) is 11.8 Å². The summed E-state index contributed by atoms with van der Waals surface area (Å²) in [6.07, 6.45) is 9.43. The van der Waals surface area contributed by atoms with Crippen LogP contribution < -0.4 is 14.9 Å². The number of hydrogen-bond donors (Lipinski definition) is 2. The average molecular weight is 404 g/mol. The summed E-state index contributed by atoms with van der Waals surface area (Å²) in [5, 5.41) is 4.56. The second-order valence-electron chi connectivity index (χ2n) is 7.57. The number of nitrogens with one attached hydrogen (secondary N) is 2. The zero-order valence-electron chi connectivity index (χ0n) is 18.0. The Morgan fingerprint density at radius 2 is 1.86 bits per heavy atom. The Morgan fingerprint density at radius 3 is 2.54 bits per heavy atom. The lowest BCUT2D eigenvalue weighted by Gasteiger charge is -2.22. The number of fused-ring (bicyclic) bond motifs is 1. The standard InChI is InChI=1S/C17H24N4.C5H13NS/c1-21(2)16-14-10-6-7-11-15(14)19-17(20-16)18-12-13-8-4-3-5-9-13;1-3-4-5-7-6-2/h6-7,10-11,13H,3-5,8-9,12H2,1-2H3,(H,18,19,20);6H,3-5H2,1-2H3. The largest absolute Gasteiger partial charge is 0.362 e. The van der Waals surface area contributed by atoms with Crippen molar-refractivity contribution >= 4 is 34.6 Å². The van der Waals surface area contributed by atoms with E-state index in [1.54, 1.807) is 11.9 Å². The zero-order valence-corrected chi connectivity index (χ0v) is 18.8. The van der Waals surface area contributed by atoms with Crippen molar-refractivity contribution in [1.29, 1.82) is 0 Å². The Morgan fingerprint density at radius 1 is 1.11 bits per heavy atom. The van der Waals surface area contributed by atoms with Gasteiger partial charge in [-0.25, -0.2) is 4.98 Å². The van der Waals surface area contributed by atoms with Gasteiger partial charge >= 0.3 is 0 Å². The van der Waals surface area contributed by atoms with Crippen LogP contribution in [0.5, 0.6) is 0 Å². The summed E-state index contributed by atoms with van der Waals surface area (Å²) in [6.45, 7) is 3.20. The predicted octanol–water partition coefficient (Wildman–Crippen LogP) is 5.34. The third-order valence-electron chi connectivity index (χ3n) is 5.02. The van der Waals surface area contributed by atoms with Gasteiger partial charge in [0.05, 0.1) is 5.52 Å². The van der Waals surface area contributed by atoms with Crippen molar-refractivity contribution in [3.05, 3.63) is 24.3 Å². The molecule has 0 amide bonds. The average Bonchev–Trinajstić information content (AvgIpc) is 2.73. The lowest BCUT2D eigenvalue weighted by molar-refractivity contribution is 0.373. The number of benzene rings is 1. The first kappa shape index (κ1) is 22.8. The molecule has 0 aliphatic heterocycles. The van der Waals surface area contributed by atoms with E-state index in [9.17, 15) is 0 Å². The maximum Gasteiger partial charge on any atom is 0.225 e. The van der Waals surface area contributed by atoms with Crippen molar-refractivity contribution in [2.24, 2.45) is 5.92 Å². The van der Waals surface area contributed by atoms with Crippen molar-refractivity contribution in [3.63, 3.8) is 0 Å². The summed E-state index contributed by atoms with van der Waals surface area (Å²) in [7, 11) is 6.01. The Balaban J connectivity index is 0.000000345. The summed E-state index contributed by atoms with van der Waals surface area (Å²) < 4.78 is 3.02. The van der Waals surface area contributed by atoms with Crippen molar-refractivity contribution < 1.29 is 0 Å². The predicted molar refractivity (Wildman–Crippen MR) is 125 cm³/mol. The lowest BCUT2D eigenvalue weighted by Crippen LogP contribution is -2.19. The molecule has 1 aromatic heterocycles. The summed E-state index contributed by atoms with van der Waals surface area (Å²) in [6, 6.07) is 8.19. The van der Waals surface area contributed by atoms with Gasteiger partial charge in [0, 0.05) is 31.8 Å². The molecule has 0 radical (unpaired) electrons. The van der Waals surface area contributed by atoms with E-state index in [4.69, 9.17) is 0 Å². The molecule has 1 fully saturated rings. The number of unbranched alkanes of at least 4 members (excludes halogenated alkanes) is 1. The molecule has 156 valence electrons. The van der Waals surface area contributed by atoms with Gasteiger partial charge < -0.3 is 10.2 Å². The van der Waals surface area contributed by atoms with Gasteiger partial charge in [-0.15, -0.1) is 0 Å². The maximum atomic E-state index is 4.69. The summed E-state index contributed by atoms with van der Waals surface area (Å²) in [5.74, 6) is 3.75. The van der Waals surface area contributed by atoms with Crippen molar-refractivity contribution in [2.45, 2.75) is 51.9 Å². The van der Waals surface area contributed by atoms with Crippen LogP contribution >= 0.6 is 11.9 Å². The molecule has 3 rings (SSSR count). The number of anilines is 2. The minimum absolute atomic E-state index is 0.753. The third kappa shape index (κ3) is 7.47. The van der Waals surface area contributed by atoms with Crippen LogP contribution in [0.15, 0.2) is 24.3 Å². The molecule has 6 heteroatoms. The van der Waals surface area contributed by atoms with Crippen molar-refractivity contribution in [3.8, 4) is 0 Å². The van der Waals surface area contributed by atoms with Crippen LogP contribution in [-0.2, 0) is 0 Å². The van der Waals surface area contributed by atoms with Gasteiger partial charge in [-0.1, -0.05) is 56.7 Å². The molecule has 1 aliphatic rings. The number of nitrogens with zero attached hydrogens (tertiary/aromatic N) is 3. The second kappa shape index (κ2) is 12.8. The fourth-order valence-electron chi connectivity index (χ4n) is 3.43. The van der Waals surface area contributed by atoms with Gasteiger partial charge in [0.25, 0.3) is 0 Å². The minimum atomic E-state index is 0.753. The summed E-state index contributed by atoms with van der Waals surface area (Å²) >= 11 is 1.78. The minimum Gasteiger partial charge on any atom is -0.362 e. The first-order chi connectivity index (χ1) is 13.7. The quantitative estimate of drug-likeness (QED) is 0.458. The second-order valence-corrected chi connectivity index (χ2v) is 8.68. The molecule has 28 heavy (non-hydrogen) atoms. The highest BCUT2D eigenvalue weighted by Crippen LogP contribution is 2.26. The van der Waals surface area contributed by atoms with Crippen LogP contribution in [0.3, 0.4) is 0 Å². The van der Waals surface area contributed by atoms with Gasteiger partial charge in [0.1, 0.15) is 5.82 Å². The number of aromatic nitrogens is 2. The van der Waals surface area contributed by atoms with Gasteiger partial charge in [0.15, 0.2) is 0 Å². The fraction of sp³-hybridized carbons (Fsp3) is 0.636. The molecule has 2 aromatic rings. The molecular weight excluding hydrogens is 366 g/mol. The Bertz CT molecular complexity index is 682. The van der Waals surface area contributed by atoms with E-state index in [0.29, 0.717) is 0 Å². The molecule has 0 saturated heterocycles. The molecule has 1 heterocycles. The Kier molecular flexibility index (Phi) is 10.4. The lowest BCUT2D eigenvalue weighted by atomic mass is 9.89. The van der Waals surface area contributed by atoms with Gasteiger partial charge in [-0.05, 0) is 44.4 Å².